The van der Waals surface area contributed by atoms with Crippen molar-refractivity contribution in [1.82, 2.24) is 4.98 Å². The van der Waals surface area contributed by atoms with Gasteiger partial charge in [-0.25, -0.2) is 0 Å². The molecule has 0 saturated heterocycles. The van der Waals surface area contributed by atoms with E-state index in [9.17, 15) is 0 Å². The Morgan fingerprint density at radius 2 is 2.17 bits per heavy atom. The lowest BCUT2D eigenvalue weighted by Gasteiger charge is -2.05. The van der Waals surface area contributed by atoms with Gasteiger partial charge in [0.2, 0.25) is 0 Å². The fourth-order valence-electron chi connectivity index (χ4n) is 2.11. The number of aliphatic imine (C=N–C) groups is 1. The van der Waals surface area contributed by atoms with Crippen LogP contribution < -0.4 is 5.84 Å². The van der Waals surface area contributed by atoms with Crippen LogP contribution in [-0.2, 0) is 6.54 Å². The number of aromatic nitrogens is 1. The zero-order valence-electron chi connectivity index (χ0n) is 13.5. The van der Waals surface area contributed by atoms with Gasteiger partial charge < -0.3 is 5.84 Å². The van der Waals surface area contributed by atoms with Crippen molar-refractivity contribution in [3.63, 3.8) is 0 Å². The molecule has 1 aromatic heterocycles. The molecule has 4 nitrogen and oxygen atoms in total. The number of rotatable bonds is 4. The van der Waals surface area contributed by atoms with Crippen LogP contribution in [0.25, 0.3) is 0 Å². The maximum atomic E-state index is 5.52. The predicted molar refractivity (Wildman–Crippen MR) is 95.5 cm³/mol. The second-order valence-electron chi connectivity index (χ2n) is 4.99. The molecule has 0 spiro atoms. The molecule has 0 aliphatic rings. The molecule has 0 saturated carbocycles. The first-order valence-corrected chi connectivity index (χ1v) is 7.52. The second-order valence-corrected chi connectivity index (χ2v) is 4.99. The highest BCUT2D eigenvalue weighted by Gasteiger charge is 2.05. The van der Waals surface area contributed by atoms with E-state index in [0.29, 0.717) is 12.3 Å². The van der Waals surface area contributed by atoms with E-state index in [-0.39, 0.29) is 0 Å². The molecular weight excluding hydrogens is 284 g/mol. The molecule has 2 aromatic rings. The summed E-state index contributed by atoms with van der Waals surface area (Å²) in [7, 11) is 0. The Bertz CT molecular complexity index is 765. The van der Waals surface area contributed by atoms with Gasteiger partial charge in [0.25, 0.3) is 0 Å². The summed E-state index contributed by atoms with van der Waals surface area (Å²) in [4.78, 5) is 8.61. The molecule has 23 heavy (non-hydrogen) atoms. The van der Waals surface area contributed by atoms with Gasteiger partial charge >= 0.3 is 0 Å². The number of aryl methyl sites for hydroxylation is 1. The monoisotopic (exact) mass is 304 g/mol. The maximum absolute atomic E-state index is 5.52. The fourth-order valence-corrected chi connectivity index (χ4v) is 2.11. The summed E-state index contributed by atoms with van der Waals surface area (Å²) >= 11 is 0. The molecule has 0 bridgehead atoms. The van der Waals surface area contributed by atoms with Crippen molar-refractivity contribution in [1.29, 1.82) is 0 Å². The van der Waals surface area contributed by atoms with Crippen LogP contribution in [0.1, 0.15) is 35.7 Å². The topological polar surface area (TPSA) is 63.6 Å². The molecular formula is C19H20N4. The third-order valence-corrected chi connectivity index (χ3v) is 3.24. The Balaban J connectivity index is 2.15. The van der Waals surface area contributed by atoms with Crippen LogP contribution in [0.5, 0.6) is 0 Å². The molecule has 1 aromatic carbocycles. The lowest BCUT2D eigenvalue weighted by Crippen LogP contribution is -2.08. The Hall–Kier alpha value is -2.93. The van der Waals surface area contributed by atoms with Crippen molar-refractivity contribution < 1.29 is 0 Å². The lowest BCUT2D eigenvalue weighted by molar-refractivity contribution is 0.997. The van der Waals surface area contributed by atoms with Gasteiger partial charge in [0.1, 0.15) is 5.71 Å². The van der Waals surface area contributed by atoms with Crippen molar-refractivity contribution in [3.05, 3.63) is 65.0 Å². The summed E-state index contributed by atoms with van der Waals surface area (Å²) < 4.78 is 0. The molecule has 0 fully saturated rings. The molecule has 0 unspecified atom stereocenters. The molecule has 2 rings (SSSR count). The summed E-state index contributed by atoms with van der Waals surface area (Å²) in [6, 6.07) is 11.7. The number of hydrogen-bond donors (Lipinski definition) is 1. The van der Waals surface area contributed by atoms with Gasteiger partial charge in [-0.05, 0) is 36.8 Å². The van der Waals surface area contributed by atoms with Crippen molar-refractivity contribution in [2.45, 2.75) is 26.8 Å². The van der Waals surface area contributed by atoms with Crippen molar-refractivity contribution in [3.8, 4) is 11.8 Å². The van der Waals surface area contributed by atoms with E-state index in [1.54, 1.807) is 12.4 Å². The van der Waals surface area contributed by atoms with E-state index in [1.807, 2.05) is 50.2 Å². The second kappa shape index (κ2) is 8.50. The zero-order chi connectivity index (χ0) is 16.5. The van der Waals surface area contributed by atoms with Crippen molar-refractivity contribution >= 4 is 11.9 Å². The lowest BCUT2D eigenvalue weighted by atomic mass is 10.0. The number of hydrogen-bond acceptors (Lipinski definition) is 4. The first-order chi connectivity index (χ1) is 11.2. The molecule has 0 amide bonds. The molecule has 0 radical (unpaired) electrons. The Kier molecular flexibility index (Phi) is 6.07. The Labute approximate surface area is 137 Å². The number of pyridine rings is 1. The molecule has 4 heteroatoms. The third kappa shape index (κ3) is 4.79. The van der Waals surface area contributed by atoms with E-state index in [2.05, 4.69) is 26.9 Å². The molecule has 0 aliphatic carbocycles. The van der Waals surface area contributed by atoms with Crippen LogP contribution >= 0.6 is 0 Å². The zero-order valence-corrected chi connectivity index (χ0v) is 13.5. The average Bonchev–Trinajstić information content (AvgIpc) is 2.58. The molecule has 2 N–H and O–H groups in total. The number of hydrazone groups is 1. The molecule has 1 heterocycles. The molecule has 0 atom stereocenters. The predicted octanol–water partition coefficient (Wildman–Crippen LogP) is 3.09. The Morgan fingerprint density at radius 3 is 2.83 bits per heavy atom. The minimum Gasteiger partial charge on any atom is -0.323 e. The minimum absolute atomic E-state index is 0.499. The van der Waals surface area contributed by atoms with Crippen LogP contribution in [0.3, 0.4) is 0 Å². The van der Waals surface area contributed by atoms with E-state index < -0.39 is 0 Å². The SMILES string of the molecule is CCC#Cc1ccc(/C(C=NCc2ccccn2)=N/N)c(C)c1. The van der Waals surface area contributed by atoms with Crippen LogP contribution in [-0.4, -0.2) is 16.9 Å². The largest absolute Gasteiger partial charge is 0.323 e. The van der Waals surface area contributed by atoms with Crippen molar-refractivity contribution in [2.24, 2.45) is 15.9 Å². The normalized spacial score (nSPS) is 11.3. The van der Waals surface area contributed by atoms with E-state index in [4.69, 9.17) is 5.84 Å². The standard InChI is InChI=1S/C19H20N4/c1-3-4-7-16-9-10-18(15(2)12-16)19(23-20)14-21-13-17-8-5-6-11-22-17/h5-6,8-12,14H,3,13,20H2,1-2H3/b21-14?,23-19+. The molecule has 0 aliphatic heterocycles. The summed E-state index contributed by atoms with van der Waals surface area (Å²) in [5, 5.41) is 3.85. The smallest absolute Gasteiger partial charge is 0.108 e. The van der Waals surface area contributed by atoms with Gasteiger partial charge in [-0.3, -0.25) is 9.98 Å². The Morgan fingerprint density at radius 1 is 1.30 bits per heavy atom. The summed E-state index contributed by atoms with van der Waals surface area (Å²) in [5.41, 5.74) is 4.58. The number of nitrogens with zero attached hydrogens (tertiary/aromatic N) is 3. The van der Waals surface area contributed by atoms with Crippen molar-refractivity contribution in [2.75, 3.05) is 0 Å². The van der Waals surface area contributed by atoms with Gasteiger partial charge in [-0.2, -0.15) is 5.10 Å². The van der Waals surface area contributed by atoms with Gasteiger partial charge in [-0.15, -0.1) is 0 Å². The van der Waals surface area contributed by atoms with Crippen LogP contribution in [0, 0.1) is 18.8 Å². The quantitative estimate of drug-likeness (QED) is 0.408. The average molecular weight is 304 g/mol. The van der Waals surface area contributed by atoms with Gasteiger partial charge in [0.15, 0.2) is 0 Å². The fraction of sp³-hybridized carbons (Fsp3) is 0.211. The minimum atomic E-state index is 0.499. The summed E-state index contributed by atoms with van der Waals surface area (Å²) in [5.74, 6) is 11.7. The van der Waals surface area contributed by atoms with E-state index >= 15 is 0 Å². The summed E-state index contributed by atoms with van der Waals surface area (Å²) in [6.45, 7) is 4.55. The highest BCUT2D eigenvalue weighted by molar-refractivity contribution is 6.38. The summed E-state index contributed by atoms with van der Waals surface area (Å²) in [6.07, 6.45) is 4.29. The van der Waals surface area contributed by atoms with Gasteiger partial charge in [-0.1, -0.05) is 30.9 Å². The molecule has 116 valence electrons. The van der Waals surface area contributed by atoms with E-state index in [1.165, 1.54) is 0 Å². The highest BCUT2D eigenvalue weighted by atomic mass is 15.1. The maximum Gasteiger partial charge on any atom is 0.108 e. The van der Waals surface area contributed by atoms with Gasteiger partial charge in [0.05, 0.1) is 12.2 Å². The van der Waals surface area contributed by atoms with Crippen LogP contribution in [0.2, 0.25) is 0 Å². The highest BCUT2D eigenvalue weighted by Crippen LogP contribution is 2.11. The first kappa shape index (κ1) is 16.4. The van der Waals surface area contributed by atoms with Crippen LogP contribution in [0.4, 0.5) is 0 Å². The van der Waals surface area contributed by atoms with E-state index in [0.717, 1.165) is 28.8 Å². The van der Waals surface area contributed by atoms with Gasteiger partial charge in [0, 0.05) is 30.0 Å². The number of nitrogens with two attached hydrogens (primary N) is 1. The van der Waals surface area contributed by atoms with Crippen LogP contribution in [0.15, 0.2) is 52.7 Å². The first-order valence-electron chi connectivity index (χ1n) is 7.52. The number of benzene rings is 1. The third-order valence-electron chi connectivity index (χ3n) is 3.24.